The van der Waals surface area contributed by atoms with Gasteiger partial charge in [-0.1, -0.05) is 0 Å². The molecular formula is C14H8F4N2O5. The average molecular weight is 360 g/mol. The standard InChI is InChI=1S/C14H8F4N2O5/c15-11-7-10(25-14(16,17)18)5-6-12(11)19-13(21)24-9-3-1-8(2-4-9)20(22)23/h1-7H,(H,19,21). The van der Waals surface area contributed by atoms with Gasteiger partial charge in [-0.05, 0) is 24.3 Å². The summed E-state index contributed by atoms with van der Waals surface area (Å²) in [7, 11) is 0. The topological polar surface area (TPSA) is 90.7 Å². The number of hydrogen-bond acceptors (Lipinski definition) is 5. The van der Waals surface area contributed by atoms with E-state index < -0.39 is 34.6 Å². The van der Waals surface area contributed by atoms with Crippen molar-refractivity contribution in [2.24, 2.45) is 0 Å². The zero-order chi connectivity index (χ0) is 18.6. The molecule has 2 rings (SSSR count). The van der Waals surface area contributed by atoms with E-state index >= 15 is 0 Å². The fraction of sp³-hybridized carbons (Fsp3) is 0.0714. The van der Waals surface area contributed by atoms with E-state index in [1.807, 2.05) is 5.32 Å². The molecule has 0 bridgehead atoms. The van der Waals surface area contributed by atoms with Gasteiger partial charge in [0.2, 0.25) is 0 Å². The molecule has 1 N–H and O–H groups in total. The number of nitro benzene ring substituents is 1. The van der Waals surface area contributed by atoms with Crippen LogP contribution in [-0.4, -0.2) is 17.4 Å². The highest BCUT2D eigenvalue weighted by Crippen LogP contribution is 2.26. The van der Waals surface area contributed by atoms with Crippen molar-refractivity contribution >= 4 is 17.5 Å². The first-order valence-electron chi connectivity index (χ1n) is 6.42. The summed E-state index contributed by atoms with van der Waals surface area (Å²) < 4.78 is 58.1. The van der Waals surface area contributed by atoms with Crippen LogP contribution in [0.15, 0.2) is 42.5 Å². The molecule has 1 amide bonds. The summed E-state index contributed by atoms with van der Waals surface area (Å²) in [5.41, 5.74) is -0.666. The first kappa shape index (κ1) is 18.0. The van der Waals surface area contributed by atoms with E-state index in [0.29, 0.717) is 6.07 Å². The zero-order valence-electron chi connectivity index (χ0n) is 12.0. The Kier molecular flexibility index (Phi) is 5.05. The van der Waals surface area contributed by atoms with Gasteiger partial charge < -0.3 is 9.47 Å². The Hall–Kier alpha value is -3.37. The predicted octanol–water partition coefficient (Wildman–Crippen LogP) is 4.24. The van der Waals surface area contributed by atoms with Crippen molar-refractivity contribution in [1.29, 1.82) is 0 Å². The van der Waals surface area contributed by atoms with Gasteiger partial charge in [0.15, 0.2) is 5.82 Å². The molecule has 0 aromatic heterocycles. The smallest absolute Gasteiger partial charge is 0.410 e. The number of amides is 1. The van der Waals surface area contributed by atoms with Crippen molar-refractivity contribution in [1.82, 2.24) is 0 Å². The van der Waals surface area contributed by atoms with Crippen LogP contribution in [0.2, 0.25) is 0 Å². The number of halogens is 4. The van der Waals surface area contributed by atoms with Crippen molar-refractivity contribution in [3.63, 3.8) is 0 Å². The van der Waals surface area contributed by atoms with Gasteiger partial charge in [-0.2, -0.15) is 0 Å². The normalized spacial score (nSPS) is 10.9. The summed E-state index contributed by atoms with van der Waals surface area (Å²) in [5, 5.41) is 12.5. The molecule has 7 nitrogen and oxygen atoms in total. The van der Waals surface area contributed by atoms with Crippen LogP contribution < -0.4 is 14.8 Å². The number of rotatable bonds is 4. The maximum atomic E-state index is 13.7. The lowest BCUT2D eigenvalue weighted by molar-refractivity contribution is -0.384. The van der Waals surface area contributed by atoms with E-state index in [2.05, 4.69) is 4.74 Å². The second kappa shape index (κ2) is 7.03. The van der Waals surface area contributed by atoms with E-state index in [-0.39, 0.29) is 11.4 Å². The molecule has 2 aromatic rings. The Morgan fingerprint density at radius 3 is 2.20 bits per heavy atom. The molecule has 0 saturated heterocycles. The van der Waals surface area contributed by atoms with Crippen molar-refractivity contribution in [3.8, 4) is 11.5 Å². The van der Waals surface area contributed by atoms with Gasteiger partial charge >= 0.3 is 12.5 Å². The van der Waals surface area contributed by atoms with E-state index in [1.165, 1.54) is 0 Å². The molecule has 0 heterocycles. The minimum absolute atomic E-state index is 0.0551. The van der Waals surface area contributed by atoms with Crippen LogP contribution in [-0.2, 0) is 0 Å². The van der Waals surface area contributed by atoms with E-state index in [4.69, 9.17) is 4.74 Å². The Balaban J connectivity index is 2.01. The van der Waals surface area contributed by atoms with Crippen molar-refractivity contribution in [2.45, 2.75) is 6.36 Å². The van der Waals surface area contributed by atoms with E-state index in [0.717, 1.165) is 36.4 Å². The molecule has 0 radical (unpaired) electrons. The molecule has 25 heavy (non-hydrogen) atoms. The van der Waals surface area contributed by atoms with Gasteiger partial charge in [0.25, 0.3) is 5.69 Å². The lowest BCUT2D eigenvalue weighted by Crippen LogP contribution is -2.19. The third-order valence-electron chi connectivity index (χ3n) is 2.67. The number of nitro groups is 1. The third-order valence-corrected chi connectivity index (χ3v) is 2.67. The van der Waals surface area contributed by atoms with E-state index in [9.17, 15) is 32.5 Å². The van der Waals surface area contributed by atoms with Crippen LogP contribution in [0.4, 0.5) is 33.7 Å². The van der Waals surface area contributed by atoms with Crippen molar-refractivity contribution in [2.75, 3.05) is 5.32 Å². The fourth-order valence-electron chi connectivity index (χ4n) is 1.67. The highest BCUT2D eigenvalue weighted by molar-refractivity contribution is 5.86. The lowest BCUT2D eigenvalue weighted by atomic mass is 10.3. The minimum Gasteiger partial charge on any atom is -0.410 e. The second-order valence-electron chi connectivity index (χ2n) is 4.45. The van der Waals surface area contributed by atoms with Crippen molar-refractivity contribution < 1.29 is 36.8 Å². The molecular weight excluding hydrogens is 352 g/mol. The predicted molar refractivity (Wildman–Crippen MR) is 75.8 cm³/mol. The highest BCUT2D eigenvalue weighted by Gasteiger charge is 2.31. The number of carbonyl (C=O) groups is 1. The summed E-state index contributed by atoms with van der Waals surface area (Å²) in [6.07, 6.45) is -6.12. The number of nitrogens with one attached hydrogen (secondary N) is 1. The number of nitrogens with zero attached hydrogens (tertiary/aromatic N) is 1. The quantitative estimate of drug-likeness (QED) is 0.500. The zero-order valence-corrected chi connectivity index (χ0v) is 12.0. The first-order chi connectivity index (χ1) is 11.6. The van der Waals surface area contributed by atoms with Gasteiger partial charge in [0.05, 0.1) is 10.6 Å². The number of alkyl halides is 3. The van der Waals surface area contributed by atoms with Crippen LogP contribution >= 0.6 is 0 Å². The number of ether oxygens (including phenoxy) is 2. The average Bonchev–Trinajstić information content (AvgIpc) is 2.49. The monoisotopic (exact) mass is 360 g/mol. The van der Waals surface area contributed by atoms with Crippen LogP contribution in [0.3, 0.4) is 0 Å². The molecule has 0 spiro atoms. The van der Waals surface area contributed by atoms with Crippen LogP contribution in [0.25, 0.3) is 0 Å². The fourth-order valence-corrected chi connectivity index (χ4v) is 1.67. The third kappa shape index (κ3) is 5.34. The molecule has 0 fully saturated rings. The lowest BCUT2D eigenvalue weighted by Gasteiger charge is -2.11. The maximum absolute atomic E-state index is 13.7. The summed E-state index contributed by atoms with van der Waals surface area (Å²) in [5.74, 6) is -2.03. The van der Waals surface area contributed by atoms with Gasteiger partial charge in [-0.15, -0.1) is 13.2 Å². The molecule has 0 atom stereocenters. The number of benzene rings is 2. The molecule has 0 aliphatic carbocycles. The molecule has 0 saturated carbocycles. The summed E-state index contributed by atoms with van der Waals surface area (Å²) in [4.78, 5) is 21.5. The molecule has 0 unspecified atom stereocenters. The maximum Gasteiger partial charge on any atom is 0.573 e. The van der Waals surface area contributed by atoms with Gasteiger partial charge in [0.1, 0.15) is 11.5 Å². The first-order valence-corrected chi connectivity index (χ1v) is 6.42. The summed E-state index contributed by atoms with van der Waals surface area (Å²) in [6.45, 7) is 0. The largest absolute Gasteiger partial charge is 0.573 e. The highest BCUT2D eigenvalue weighted by atomic mass is 19.4. The van der Waals surface area contributed by atoms with Crippen LogP contribution in [0.1, 0.15) is 0 Å². The Bertz CT molecular complexity index is 793. The Morgan fingerprint density at radius 1 is 1.08 bits per heavy atom. The number of carbonyl (C=O) groups excluding carboxylic acids is 1. The summed E-state index contributed by atoms with van der Waals surface area (Å²) >= 11 is 0. The Morgan fingerprint density at radius 2 is 1.68 bits per heavy atom. The van der Waals surface area contributed by atoms with Crippen molar-refractivity contribution in [3.05, 3.63) is 58.4 Å². The van der Waals surface area contributed by atoms with Gasteiger partial charge in [0, 0.05) is 18.2 Å². The van der Waals surface area contributed by atoms with Crippen LogP contribution in [0, 0.1) is 15.9 Å². The minimum atomic E-state index is -4.98. The van der Waals surface area contributed by atoms with Gasteiger partial charge in [-0.3, -0.25) is 15.4 Å². The number of non-ortho nitro benzene ring substituents is 1. The number of anilines is 1. The summed E-state index contributed by atoms with van der Waals surface area (Å²) in [6, 6.07) is 6.57. The van der Waals surface area contributed by atoms with Crippen LogP contribution in [0.5, 0.6) is 11.5 Å². The molecule has 0 aliphatic rings. The van der Waals surface area contributed by atoms with E-state index in [1.54, 1.807) is 0 Å². The second-order valence-corrected chi connectivity index (χ2v) is 4.45. The van der Waals surface area contributed by atoms with Gasteiger partial charge in [-0.25, -0.2) is 9.18 Å². The Labute approximate surface area is 136 Å². The molecule has 11 heteroatoms. The molecule has 2 aromatic carbocycles. The number of hydrogen-bond donors (Lipinski definition) is 1. The SMILES string of the molecule is O=C(Nc1ccc(OC(F)(F)F)cc1F)Oc1ccc([N+](=O)[O-])cc1. The molecule has 0 aliphatic heterocycles. The molecule has 132 valence electrons.